The van der Waals surface area contributed by atoms with Gasteiger partial charge in [0.15, 0.2) is 0 Å². The van der Waals surface area contributed by atoms with Crippen LogP contribution in [-0.2, 0) is 9.59 Å². The van der Waals surface area contributed by atoms with Gasteiger partial charge in [-0.1, -0.05) is 13.3 Å². The Morgan fingerprint density at radius 3 is 2.38 bits per heavy atom. The zero-order valence-electron chi connectivity index (χ0n) is 11.9. The number of aliphatic carboxylic acids is 1. The fourth-order valence-electron chi connectivity index (χ4n) is 3.44. The van der Waals surface area contributed by atoms with Crippen molar-refractivity contribution in [3.8, 4) is 0 Å². The number of halogens is 3. The van der Waals surface area contributed by atoms with Crippen molar-refractivity contribution in [2.75, 3.05) is 13.1 Å². The van der Waals surface area contributed by atoms with Gasteiger partial charge in [0.2, 0.25) is 5.91 Å². The van der Waals surface area contributed by atoms with Crippen molar-refractivity contribution in [1.29, 1.82) is 0 Å². The number of likely N-dealkylation sites (tertiary alicyclic amines) is 1. The maximum absolute atomic E-state index is 12.8. The highest BCUT2D eigenvalue weighted by Gasteiger charge is 2.45. The quantitative estimate of drug-likeness (QED) is 0.853. The maximum Gasteiger partial charge on any atom is 0.391 e. The van der Waals surface area contributed by atoms with E-state index in [0.29, 0.717) is 19.4 Å². The van der Waals surface area contributed by atoms with Gasteiger partial charge in [-0.3, -0.25) is 9.59 Å². The first-order valence-electron chi connectivity index (χ1n) is 7.28. The Balaban J connectivity index is 1.99. The molecule has 1 aliphatic carbocycles. The predicted octanol–water partition coefficient (Wildman–Crippen LogP) is 2.53. The molecule has 0 spiro atoms. The molecule has 1 heterocycles. The Labute approximate surface area is 121 Å². The summed E-state index contributed by atoms with van der Waals surface area (Å²) in [6.45, 7) is 2.19. The summed E-state index contributed by atoms with van der Waals surface area (Å²) in [4.78, 5) is 24.8. The summed E-state index contributed by atoms with van der Waals surface area (Å²) in [7, 11) is 0. The van der Waals surface area contributed by atoms with Gasteiger partial charge in [-0.15, -0.1) is 0 Å². The molecule has 1 aliphatic heterocycles. The van der Waals surface area contributed by atoms with Crippen molar-refractivity contribution in [1.82, 2.24) is 4.90 Å². The SMILES string of the molecule is C[C@@H]1CN(C(=O)C2CCCC(C(F)(F)F)C2)C[C@H]1C(=O)O. The number of carbonyl (C=O) groups excluding carboxylic acids is 1. The number of amides is 1. The fraction of sp³-hybridized carbons (Fsp3) is 0.857. The van der Waals surface area contributed by atoms with Gasteiger partial charge in [-0.05, 0) is 25.2 Å². The molecule has 1 saturated heterocycles. The molecular weight excluding hydrogens is 287 g/mol. The molecule has 0 radical (unpaired) electrons. The molecule has 2 unspecified atom stereocenters. The monoisotopic (exact) mass is 307 g/mol. The summed E-state index contributed by atoms with van der Waals surface area (Å²) < 4.78 is 38.3. The van der Waals surface area contributed by atoms with Gasteiger partial charge in [0.25, 0.3) is 0 Å². The molecule has 21 heavy (non-hydrogen) atoms. The summed E-state index contributed by atoms with van der Waals surface area (Å²) in [5, 5.41) is 9.06. The standard InChI is InChI=1S/C14H20F3NO3/c1-8-6-18(7-11(8)13(20)21)12(19)9-3-2-4-10(5-9)14(15,16)17/h8-11H,2-7H2,1H3,(H,20,21)/t8-,9?,10?,11-/m1/s1. The molecule has 4 atom stereocenters. The normalized spacial score (nSPS) is 34.0. The number of carbonyl (C=O) groups is 2. The van der Waals surface area contributed by atoms with E-state index in [1.807, 2.05) is 0 Å². The van der Waals surface area contributed by atoms with Gasteiger partial charge < -0.3 is 10.0 Å². The number of alkyl halides is 3. The van der Waals surface area contributed by atoms with Crippen LogP contribution in [0.1, 0.15) is 32.6 Å². The summed E-state index contributed by atoms with van der Waals surface area (Å²) in [6.07, 6.45) is -3.46. The van der Waals surface area contributed by atoms with Gasteiger partial charge >= 0.3 is 12.1 Å². The lowest BCUT2D eigenvalue weighted by atomic mass is 9.80. The summed E-state index contributed by atoms with van der Waals surface area (Å²) in [5.41, 5.74) is 0. The van der Waals surface area contributed by atoms with Crippen LogP contribution < -0.4 is 0 Å². The minimum atomic E-state index is -4.25. The number of nitrogens with zero attached hydrogens (tertiary/aromatic N) is 1. The Hall–Kier alpha value is -1.27. The van der Waals surface area contributed by atoms with E-state index in [1.54, 1.807) is 6.92 Å². The highest BCUT2D eigenvalue weighted by molar-refractivity contribution is 5.81. The zero-order valence-corrected chi connectivity index (χ0v) is 11.9. The lowest BCUT2D eigenvalue weighted by molar-refractivity contribution is -0.187. The third-order valence-corrected chi connectivity index (χ3v) is 4.73. The molecule has 4 nitrogen and oxygen atoms in total. The Morgan fingerprint density at radius 2 is 1.86 bits per heavy atom. The smallest absolute Gasteiger partial charge is 0.391 e. The summed E-state index contributed by atoms with van der Waals surface area (Å²) in [6, 6.07) is 0. The first-order valence-corrected chi connectivity index (χ1v) is 7.28. The largest absolute Gasteiger partial charge is 0.481 e. The van der Waals surface area contributed by atoms with Crippen LogP contribution in [0.15, 0.2) is 0 Å². The molecule has 1 N–H and O–H groups in total. The van der Waals surface area contributed by atoms with Crippen LogP contribution in [0.3, 0.4) is 0 Å². The van der Waals surface area contributed by atoms with Crippen molar-refractivity contribution in [3.05, 3.63) is 0 Å². The molecule has 2 aliphatic rings. The van der Waals surface area contributed by atoms with E-state index in [2.05, 4.69) is 0 Å². The third kappa shape index (κ3) is 3.49. The molecule has 2 fully saturated rings. The summed E-state index contributed by atoms with van der Waals surface area (Å²) in [5.74, 6) is -4.06. The molecule has 120 valence electrons. The zero-order chi connectivity index (χ0) is 15.8. The molecule has 2 rings (SSSR count). The Bertz CT molecular complexity index is 424. The van der Waals surface area contributed by atoms with E-state index in [4.69, 9.17) is 5.11 Å². The fourth-order valence-corrected chi connectivity index (χ4v) is 3.44. The van der Waals surface area contributed by atoms with Crippen LogP contribution in [0.4, 0.5) is 13.2 Å². The molecule has 0 bridgehead atoms. The van der Waals surface area contributed by atoms with Crippen molar-refractivity contribution >= 4 is 11.9 Å². The number of carboxylic acids is 1. The first kappa shape index (κ1) is 16.1. The average Bonchev–Trinajstić information content (AvgIpc) is 2.79. The van der Waals surface area contributed by atoms with Gasteiger partial charge in [0.05, 0.1) is 11.8 Å². The molecule has 1 saturated carbocycles. The first-order chi connectivity index (χ1) is 9.70. The number of rotatable bonds is 2. The van der Waals surface area contributed by atoms with Crippen LogP contribution in [0.5, 0.6) is 0 Å². The van der Waals surface area contributed by atoms with E-state index in [0.717, 1.165) is 0 Å². The minimum Gasteiger partial charge on any atom is -0.481 e. The maximum atomic E-state index is 12.8. The average molecular weight is 307 g/mol. The van der Waals surface area contributed by atoms with Gasteiger partial charge in [-0.25, -0.2) is 0 Å². The van der Waals surface area contributed by atoms with E-state index in [9.17, 15) is 22.8 Å². The molecule has 0 aromatic heterocycles. The van der Waals surface area contributed by atoms with Crippen LogP contribution in [-0.4, -0.2) is 41.1 Å². The molecule has 1 amide bonds. The van der Waals surface area contributed by atoms with Crippen LogP contribution in [0.25, 0.3) is 0 Å². The Kier molecular flexibility index (Phi) is 4.49. The number of carboxylic acid groups (broad SMARTS) is 1. The van der Waals surface area contributed by atoms with Gasteiger partial charge in [0.1, 0.15) is 0 Å². The Morgan fingerprint density at radius 1 is 1.19 bits per heavy atom. The van der Waals surface area contributed by atoms with E-state index < -0.39 is 29.9 Å². The van der Waals surface area contributed by atoms with Crippen molar-refractivity contribution in [2.24, 2.45) is 23.7 Å². The topological polar surface area (TPSA) is 57.6 Å². The predicted molar refractivity (Wildman–Crippen MR) is 68.4 cm³/mol. The highest BCUT2D eigenvalue weighted by Crippen LogP contribution is 2.41. The molecular formula is C14H20F3NO3. The van der Waals surface area contributed by atoms with Crippen molar-refractivity contribution < 1.29 is 27.9 Å². The van der Waals surface area contributed by atoms with E-state index in [-0.39, 0.29) is 31.2 Å². The van der Waals surface area contributed by atoms with Crippen LogP contribution in [0.2, 0.25) is 0 Å². The summed E-state index contributed by atoms with van der Waals surface area (Å²) >= 11 is 0. The second-order valence-corrected chi connectivity index (χ2v) is 6.27. The lowest BCUT2D eigenvalue weighted by Crippen LogP contribution is -2.39. The van der Waals surface area contributed by atoms with E-state index >= 15 is 0 Å². The highest BCUT2D eigenvalue weighted by atomic mass is 19.4. The van der Waals surface area contributed by atoms with Crippen molar-refractivity contribution in [2.45, 2.75) is 38.8 Å². The van der Waals surface area contributed by atoms with Crippen LogP contribution >= 0.6 is 0 Å². The van der Waals surface area contributed by atoms with Gasteiger partial charge in [0, 0.05) is 19.0 Å². The van der Waals surface area contributed by atoms with Crippen molar-refractivity contribution in [3.63, 3.8) is 0 Å². The van der Waals surface area contributed by atoms with E-state index in [1.165, 1.54) is 4.90 Å². The molecule has 0 aromatic rings. The number of hydrogen-bond acceptors (Lipinski definition) is 2. The van der Waals surface area contributed by atoms with Crippen LogP contribution in [0, 0.1) is 23.7 Å². The van der Waals surface area contributed by atoms with Gasteiger partial charge in [-0.2, -0.15) is 13.2 Å². The molecule has 0 aromatic carbocycles. The second-order valence-electron chi connectivity index (χ2n) is 6.27. The minimum absolute atomic E-state index is 0.0848. The lowest BCUT2D eigenvalue weighted by Gasteiger charge is -2.32. The molecule has 7 heteroatoms. The number of hydrogen-bond donors (Lipinski definition) is 1. The third-order valence-electron chi connectivity index (χ3n) is 4.73. The second kappa shape index (κ2) is 5.85.